The summed E-state index contributed by atoms with van der Waals surface area (Å²) in [6, 6.07) is 12.0. The van der Waals surface area contributed by atoms with Crippen LogP contribution in [0.1, 0.15) is 42.7 Å². The van der Waals surface area contributed by atoms with Crippen LogP contribution in [0.5, 0.6) is 17.2 Å². The number of benzene rings is 2. The van der Waals surface area contributed by atoms with Crippen LogP contribution in [0, 0.1) is 5.92 Å². The van der Waals surface area contributed by atoms with E-state index in [0.717, 1.165) is 5.56 Å². The van der Waals surface area contributed by atoms with Crippen molar-refractivity contribution in [2.75, 3.05) is 26.4 Å². The van der Waals surface area contributed by atoms with Crippen LogP contribution in [0.2, 0.25) is 0 Å². The predicted molar refractivity (Wildman–Crippen MR) is 111 cm³/mol. The third kappa shape index (κ3) is 5.43. The van der Waals surface area contributed by atoms with Crippen molar-refractivity contribution < 1.29 is 28.5 Å². The molecule has 1 amide bonds. The van der Waals surface area contributed by atoms with Gasteiger partial charge in [-0.1, -0.05) is 19.9 Å². The highest BCUT2D eigenvalue weighted by Crippen LogP contribution is 2.34. The van der Waals surface area contributed by atoms with Gasteiger partial charge in [0.2, 0.25) is 0 Å². The fraction of sp³-hybridized carbons (Fsp3) is 0.391. The molecule has 0 radical (unpaired) electrons. The Kier molecular flexibility index (Phi) is 7.17. The molecule has 0 saturated carbocycles. The highest BCUT2D eigenvalue weighted by molar-refractivity contribution is 5.91. The summed E-state index contributed by atoms with van der Waals surface area (Å²) >= 11 is 0. The largest absolute Gasteiger partial charge is 0.494 e. The zero-order valence-corrected chi connectivity index (χ0v) is 17.5. The summed E-state index contributed by atoms with van der Waals surface area (Å²) in [5, 5.41) is 2.94. The predicted octanol–water partition coefficient (Wildman–Crippen LogP) is 3.53. The second kappa shape index (κ2) is 10.0. The number of carbonyl (C=O) groups is 2. The van der Waals surface area contributed by atoms with E-state index in [9.17, 15) is 9.59 Å². The quantitative estimate of drug-likeness (QED) is 0.667. The average molecular weight is 413 g/mol. The molecule has 0 saturated heterocycles. The standard InChI is InChI=1S/C23H27NO6/c1-4-27-18-8-5-16(6-9-18)23(26)30-14-21(25)24-22(15(2)3)17-7-10-19-20(13-17)29-12-11-28-19/h5-10,13,15,22H,4,11-12,14H2,1-3H3,(H,24,25)/t22-/m0/s1. The van der Waals surface area contributed by atoms with Gasteiger partial charge in [-0.15, -0.1) is 0 Å². The normalized spacial score (nSPS) is 13.5. The Balaban J connectivity index is 1.58. The Morgan fingerprint density at radius 3 is 2.40 bits per heavy atom. The van der Waals surface area contributed by atoms with Gasteiger partial charge in [-0.25, -0.2) is 4.79 Å². The van der Waals surface area contributed by atoms with Gasteiger partial charge in [0.05, 0.1) is 18.2 Å². The van der Waals surface area contributed by atoms with Gasteiger partial charge in [0.25, 0.3) is 5.91 Å². The van der Waals surface area contributed by atoms with Crippen LogP contribution < -0.4 is 19.5 Å². The number of hydrogen-bond donors (Lipinski definition) is 1. The lowest BCUT2D eigenvalue weighted by atomic mass is 9.95. The third-order valence-electron chi connectivity index (χ3n) is 4.64. The van der Waals surface area contributed by atoms with Gasteiger partial charge in [0.15, 0.2) is 18.1 Å². The molecule has 0 spiro atoms. The molecule has 2 aromatic carbocycles. The van der Waals surface area contributed by atoms with Crippen molar-refractivity contribution >= 4 is 11.9 Å². The molecule has 160 valence electrons. The minimum absolute atomic E-state index is 0.123. The van der Waals surface area contributed by atoms with E-state index < -0.39 is 5.97 Å². The minimum atomic E-state index is -0.561. The van der Waals surface area contributed by atoms with Crippen LogP contribution in [0.3, 0.4) is 0 Å². The number of esters is 1. The van der Waals surface area contributed by atoms with E-state index in [4.69, 9.17) is 18.9 Å². The number of nitrogens with one attached hydrogen (secondary N) is 1. The smallest absolute Gasteiger partial charge is 0.338 e. The summed E-state index contributed by atoms with van der Waals surface area (Å²) in [6.07, 6.45) is 0. The Bertz CT molecular complexity index is 878. The van der Waals surface area contributed by atoms with E-state index in [-0.39, 0.29) is 24.5 Å². The Hall–Kier alpha value is -3.22. The molecule has 2 aromatic rings. The third-order valence-corrected chi connectivity index (χ3v) is 4.64. The number of carbonyl (C=O) groups excluding carboxylic acids is 2. The molecule has 1 heterocycles. The summed E-state index contributed by atoms with van der Waals surface area (Å²) in [5.74, 6) is 1.23. The molecule has 0 bridgehead atoms. The highest BCUT2D eigenvalue weighted by Gasteiger charge is 2.22. The summed E-state index contributed by atoms with van der Waals surface area (Å²) < 4.78 is 21.7. The van der Waals surface area contributed by atoms with Gasteiger partial charge < -0.3 is 24.3 Å². The van der Waals surface area contributed by atoms with Crippen molar-refractivity contribution in [2.45, 2.75) is 26.8 Å². The van der Waals surface area contributed by atoms with Crippen LogP contribution in [-0.4, -0.2) is 38.3 Å². The molecule has 30 heavy (non-hydrogen) atoms. The Morgan fingerprint density at radius 2 is 1.73 bits per heavy atom. The number of fused-ring (bicyclic) bond motifs is 1. The lowest BCUT2D eigenvalue weighted by Gasteiger charge is -2.25. The van der Waals surface area contributed by atoms with Gasteiger partial charge in [-0.2, -0.15) is 0 Å². The molecule has 1 atom stereocenters. The summed E-state index contributed by atoms with van der Waals surface area (Å²) in [7, 11) is 0. The zero-order chi connectivity index (χ0) is 21.5. The van der Waals surface area contributed by atoms with E-state index in [1.54, 1.807) is 24.3 Å². The summed E-state index contributed by atoms with van der Waals surface area (Å²) in [4.78, 5) is 24.6. The molecule has 0 aromatic heterocycles. The van der Waals surface area contributed by atoms with E-state index in [1.807, 2.05) is 39.0 Å². The van der Waals surface area contributed by atoms with Gasteiger partial charge >= 0.3 is 5.97 Å². The van der Waals surface area contributed by atoms with Crippen molar-refractivity contribution in [3.05, 3.63) is 53.6 Å². The minimum Gasteiger partial charge on any atom is -0.494 e. The zero-order valence-electron chi connectivity index (χ0n) is 17.5. The van der Waals surface area contributed by atoms with Crippen LogP contribution in [0.4, 0.5) is 0 Å². The number of amides is 1. The molecule has 3 rings (SSSR count). The first-order valence-corrected chi connectivity index (χ1v) is 10.1. The van der Waals surface area contributed by atoms with Gasteiger partial charge in [-0.3, -0.25) is 4.79 Å². The van der Waals surface area contributed by atoms with Crippen molar-refractivity contribution in [1.82, 2.24) is 5.32 Å². The number of hydrogen-bond acceptors (Lipinski definition) is 6. The molecule has 1 N–H and O–H groups in total. The van der Waals surface area contributed by atoms with Crippen molar-refractivity contribution in [1.29, 1.82) is 0 Å². The van der Waals surface area contributed by atoms with Crippen molar-refractivity contribution in [3.8, 4) is 17.2 Å². The van der Waals surface area contributed by atoms with Crippen molar-refractivity contribution in [2.24, 2.45) is 5.92 Å². The molecule has 0 fully saturated rings. The fourth-order valence-corrected chi connectivity index (χ4v) is 3.17. The molecular weight excluding hydrogens is 386 g/mol. The second-order valence-electron chi connectivity index (χ2n) is 7.23. The fourth-order valence-electron chi connectivity index (χ4n) is 3.17. The maximum atomic E-state index is 12.4. The van der Waals surface area contributed by atoms with E-state index in [1.165, 1.54) is 0 Å². The first-order valence-electron chi connectivity index (χ1n) is 10.1. The van der Waals surface area contributed by atoms with Gasteiger partial charge in [0, 0.05) is 0 Å². The van der Waals surface area contributed by atoms with Crippen molar-refractivity contribution in [3.63, 3.8) is 0 Å². The lowest BCUT2D eigenvalue weighted by Crippen LogP contribution is -2.35. The Morgan fingerprint density at radius 1 is 1.03 bits per heavy atom. The van der Waals surface area contributed by atoms with E-state index >= 15 is 0 Å². The summed E-state index contributed by atoms with van der Waals surface area (Å²) in [6.45, 7) is 7.11. The molecule has 7 heteroatoms. The monoisotopic (exact) mass is 413 g/mol. The molecule has 7 nitrogen and oxygen atoms in total. The topological polar surface area (TPSA) is 83.1 Å². The van der Waals surface area contributed by atoms with Crippen LogP contribution in [0.25, 0.3) is 0 Å². The van der Waals surface area contributed by atoms with Crippen LogP contribution >= 0.6 is 0 Å². The van der Waals surface area contributed by atoms with Gasteiger partial charge in [-0.05, 0) is 54.8 Å². The maximum Gasteiger partial charge on any atom is 0.338 e. The number of rotatable bonds is 8. The van der Waals surface area contributed by atoms with E-state index in [2.05, 4.69) is 5.32 Å². The SMILES string of the molecule is CCOc1ccc(C(=O)OCC(=O)N[C@H](c2ccc3c(c2)OCCO3)C(C)C)cc1. The first-order chi connectivity index (χ1) is 14.5. The highest BCUT2D eigenvalue weighted by atomic mass is 16.6. The Labute approximate surface area is 176 Å². The summed E-state index contributed by atoms with van der Waals surface area (Å²) in [5.41, 5.74) is 1.26. The molecule has 1 aliphatic heterocycles. The molecular formula is C23H27NO6. The molecule has 1 aliphatic rings. The maximum absolute atomic E-state index is 12.4. The van der Waals surface area contributed by atoms with Crippen LogP contribution in [-0.2, 0) is 9.53 Å². The van der Waals surface area contributed by atoms with Crippen LogP contribution in [0.15, 0.2) is 42.5 Å². The lowest BCUT2D eigenvalue weighted by molar-refractivity contribution is -0.125. The molecule has 0 unspecified atom stereocenters. The van der Waals surface area contributed by atoms with E-state index in [0.29, 0.717) is 42.6 Å². The van der Waals surface area contributed by atoms with Gasteiger partial charge in [0.1, 0.15) is 19.0 Å². The first kappa shape index (κ1) is 21.5. The second-order valence-corrected chi connectivity index (χ2v) is 7.23. The molecule has 0 aliphatic carbocycles. The average Bonchev–Trinajstić information content (AvgIpc) is 2.76. The number of ether oxygens (including phenoxy) is 4.